The standard InChI is InChI=1S/C11H15ClN2O3/c1-2-17-4-3-14-10-8(11(15)16)5-7(13)6-9(10)12/h5-6,14H,2-4,13H2,1H3,(H,15,16). The van der Waals surface area contributed by atoms with E-state index in [0.717, 1.165) is 0 Å². The predicted molar refractivity (Wildman–Crippen MR) is 67.8 cm³/mol. The van der Waals surface area contributed by atoms with Gasteiger partial charge in [-0.15, -0.1) is 0 Å². The Morgan fingerprint density at radius 1 is 1.59 bits per heavy atom. The molecule has 0 aliphatic rings. The molecule has 0 aromatic heterocycles. The van der Waals surface area contributed by atoms with Gasteiger partial charge < -0.3 is 20.9 Å². The first-order valence-electron chi connectivity index (χ1n) is 5.20. The van der Waals surface area contributed by atoms with Crippen LogP contribution in [0.1, 0.15) is 17.3 Å². The fourth-order valence-corrected chi connectivity index (χ4v) is 1.66. The maximum atomic E-state index is 11.0. The molecule has 1 aromatic rings. The lowest BCUT2D eigenvalue weighted by atomic mass is 10.1. The third-order valence-corrected chi connectivity index (χ3v) is 2.39. The van der Waals surface area contributed by atoms with Crippen molar-refractivity contribution in [1.82, 2.24) is 0 Å². The average molecular weight is 259 g/mol. The van der Waals surface area contributed by atoms with Crippen molar-refractivity contribution < 1.29 is 14.6 Å². The molecule has 4 N–H and O–H groups in total. The Labute approximate surface area is 105 Å². The third-order valence-electron chi connectivity index (χ3n) is 2.10. The van der Waals surface area contributed by atoms with Gasteiger partial charge in [-0.3, -0.25) is 0 Å². The normalized spacial score (nSPS) is 10.2. The Hall–Kier alpha value is -1.46. The summed E-state index contributed by atoms with van der Waals surface area (Å²) >= 11 is 5.94. The molecule has 0 aliphatic carbocycles. The van der Waals surface area contributed by atoms with Gasteiger partial charge in [0, 0.05) is 18.8 Å². The summed E-state index contributed by atoms with van der Waals surface area (Å²) in [7, 11) is 0. The van der Waals surface area contributed by atoms with E-state index in [1.165, 1.54) is 12.1 Å². The van der Waals surface area contributed by atoms with E-state index in [9.17, 15) is 4.79 Å². The summed E-state index contributed by atoms with van der Waals surface area (Å²) in [6.45, 7) is 3.47. The van der Waals surface area contributed by atoms with Gasteiger partial charge in [-0.05, 0) is 19.1 Å². The summed E-state index contributed by atoms with van der Waals surface area (Å²) < 4.78 is 5.14. The molecular formula is C11H15ClN2O3. The molecule has 0 amide bonds. The second-order valence-electron chi connectivity index (χ2n) is 3.35. The number of ether oxygens (including phenoxy) is 1. The van der Waals surface area contributed by atoms with Crippen molar-refractivity contribution >= 4 is 28.9 Å². The number of nitrogens with one attached hydrogen (secondary N) is 1. The minimum Gasteiger partial charge on any atom is -0.478 e. The summed E-state index contributed by atoms with van der Waals surface area (Å²) in [5.41, 5.74) is 6.29. The zero-order valence-electron chi connectivity index (χ0n) is 9.50. The molecule has 0 unspecified atom stereocenters. The van der Waals surface area contributed by atoms with Crippen molar-refractivity contribution in [3.05, 3.63) is 22.7 Å². The number of nitrogens with two attached hydrogens (primary N) is 1. The Kier molecular flexibility index (Phi) is 5.06. The largest absolute Gasteiger partial charge is 0.478 e. The van der Waals surface area contributed by atoms with Gasteiger partial charge in [-0.1, -0.05) is 11.6 Å². The van der Waals surface area contributed by atoms with E-state index in [0.29, 0.717) is 36.2 Å². The van der Waals surface area contributed by atoms with Crippen molar-refractivity contribution in [3.63, 3.8) is 0 Å². The third kappa shape index (κ3) is 3.80. The number of hydrogen-bond acceptors (Lipinski definition) is 4. The number of carbonyl (C=O) groups is 1. The molecule has 0 bridgehead atoms. The highest BCUT2D eigenvalue weighted by atomic mass is 35.5. The monoisotopic (exact) mass is 258 g/mol. The quantitative estimate of drug-likeness (QED) is 0.537. The first-order valence-corrected chi connectivity index (χ1v) is 5.58. The number of benzene rings is 1. The highest BCUT2D eigenvalue weighted by molar-refractivity contribution is 6.34. The highest BCUT2D eigenvalue weighted by Crippen LogP contribution is 2.29. The summed E-state index contributed by atoms with van der Waals surface area (Å²) in [6, 6.07) is 2.88. The van der Waals surface area contributed by atoms with Gasteiger partial charge in [0.1, 0.15) is 0 Å². The molecule has 0 atom stereocenters. The van der Waals surface area contributed by atoms with Crippen LogP contribution in [0.3, 0.4) is 0 Å². The van der Waals surface area contributed by atoms with E-state index in [-0.39, 0.29) is 5.56 Å². The van der Waals surface area contributed by atoms with Crippen LogP contribution in [-0.4, -0.2) is 30.8 Å². The maximum absolute atomic E-state index is 11.0. The smallest absolute Gasteiger partial charge is 0.337 e. The second-order valence-corrected chi connectivity index (χ2v) is 3.76. The van der Waals surface area contributed by atoms with Crippen LogP contribution in [0.25, 0.3) is 0 Å². The molecule has 0 saturated heterocycles. The fourth-order valence-electron chi connectivity index (χ4n) is 1.37. The highest BCUT2D eigenvalue weighted by Gasteiger charge is 2.14. The first kappa shape index (κ1) is 13.6. The van der Waals surface area contributed by atoms with Crippen LogP contribution in [0.15, 0.2) is 12.1 Å². The second kappa shape index (κ2) is 6.32. The molecule has 94 valence electrons. The lowest BCUT2D eigenvalue weighted by molar-refractivity contribution is 0.0698. The molecule has 0 aliphatic heterocycles. The van der Waals surface area contributed by atoms with Crippen LogP contribution in [0.4, 0.5) is 11.4 Å². The topological polar surface area (TPSA) is 84.6 Å². The number of nitrogen functional groups attached to an aromatic ring is 1. The number of rotatable bonds is 6. The Balaban J connectivity index is 2.85. The first-order chi connectivity index (χ1) is 8.06. The van der Waals surface area contributed by atoms with Crippen LogP contribution < -0.4 is 11.1 Å². The molecular weight excluding hydrogens is 244 g/mol. The van der Waals surface area contributed by atoms with Gasteiger partial charge in [0.25, 0.3) is 0 Å². The summed E-state index contributed by atoms with van der Waals surface area (Å²) in [6.07, 6.45) is 0. The van der Waals surface area contributed by atoms with Gasteiger partial charge >= 0.3 is 5.97 Å². The molecule has 1 aromatic carbocycles. The summed E-state index contributed by atoms with van der Waals surface area (Å²) in [5, 5.41) is 12.3. The van der Waals surface area contributed by atoms with E-state index in [2.05, 4.69) is 5.32 Å². The molecule has 1 rings (SSSR count). The Bertz CT molecular complexity index is 410. The van der Waals surface area contributed by atoms with E-state index >= 15 is 0 Å². The van der Waals surface area contributed by atoms with E-state index in [1.807, 2.05) is 6.92 Å². The van der Waals surface area contributed by atoms with Gasteiger partial charge in [-0.2, -0.15) is 0 Å². The zero-order valence-corrected chi connectivity index (χ0v) is 10.3. The number of carboxylic acids is 1. The van der Waals surface area contributed by atoms with Crippen molar-refractivity contribution in [2.45, 2.75) is 6.92 Å². The molecule has 17 heavy (non-hydrogen) atoms. The average Bonchev–Trinajstić information content (AvgIpc) is 2.25. The molecule has 0 saturated carbocycles. The number of halogens is 1. The van der Waals surface area contributed by atoms with E-state index in [4.69, 9.17) is 27.2 Å². The Morgan fingerprint density at radius 2 is 2.29 bits per heavy atom. The van der Waals surface area contributed by atoms with Gasteiger partial charge in [0.15, 0.2) is 0 Å². The Morgan fingerprint density at radius 3 is 2.88 bits per heavy atom. The SMILES string of the molecule is CCOCCNc1c(Cl)cc(N)cc1C(=O)O. The van der Waals surface area contributed by atoms with Crippen LogP contribution in [0.5, 0.6) is 0 Å². The van der Waals surface area contributed by atoms with Gasteiger partial charge in [0.05, 0.1) is 22.9 Å². The number of hydrogen-bond donors (Lipinski definition) is 3. The molecule has 5 nitrogen and oxygen atoms in total. The number of carboxylic acid groups (broad SMARTS) is 1. The minimum absolute atomic E-state index is 0.0616. The number of anilines is 2. The zero-order chi connectivity index (χ0) is 12.8. The number of aromatic carboxylic acids is 1. The van der Waals surface area contributed by atoms with Gasteiger partial charge in [-0.25, -0.2) is 4.79 Å². The van der Waals surface area contributed by atoms with Crippen LogP contribution in [0.2, 0.25) is 5.02 Å². The van der Waals surface area contributed by atoms with Gasteiger partial charge in [0.2, 0.25) is 0 Å². The molecule has 0 radical (unpaired) electrons. The van der Waals surface area contributed by atoms with Crippen LogP contribution in [-0.2, 0) is 4.74 Å². The van der Waals surface area contributed by atoms with Crippen LogP contribution >= 0.6 is 11.6 Å². The molecule has 0 spiro atoms. The lowest BCUT2D eigenvalue weighted by Crippen LogP contribution is -2.13. The van der Waals surface area contributed by atoms with E-state index < -0.39 is 5.97 Å². The van der Waals surface area contributed by atoms with Crippen molar-refractivity contribution in [2.75, 3.05) is 30.8 Å². The summed E-state index contributed by atoms with van der Waals surface area (Å²) in [5.74, 6) is -1.07. The lowest BCUT2D eigenvalue weighted by Gasteiger charge is -2.12. The van der Waals surface area contributed by atoms with Crippen molar-refractivity contribution in [2.24, 2.45) is 0 Å². The van der Waals surface area contributed by atoms with Crippen LogP contribution in [0, 0.1) is 0 Å². The van der Waals surface area contributed by atoms with Crippen molar-refractivity contribution in [3.8, 4) is 0 Å². The minimum atomic E-state index is -1.07. The predicted octanol–water partition coefficient (Wildman–Crippen LogP) is 2.07. The fraction of sp³-hybridized carbons (Fsp3) is 0.364. The maximum Gasteiger partial charge on any atom is 0.337 e. The molecule has 0 heterocycles. The molecule has 0 fully saturated rings. The molecule has 6 heteroatoms. The van der Waals surface area contributed by atoms with E-state index in [1.54, 1.807) is 0 Å². The van der Waals surface area contributed by atoms with Crippen molar-refractivity contribution in [1.29, 1.82) is 0 Å². The summed E-state index contributed by atoms with van der Waals surface area (Å²) in [4.78, 5) is 11.0.